The van der Waals surface area contributed by atoms with E-state index in [0.29, 0.717) is 77.6 Å². The maximum Gasteiger partial charge on any atom is 0.0613 e. The number of piperidine rings is 9. The highest BCUT2D eigenvalue weighted by Gasteiger charge is 2.55. The second kappa shape index (κ2) is 50.3. The molecule has 15 saturated heterocycles. The van der Waals surface area contributed by atoms with Crippen molar-refractivity contribution in [2.45, 2.75) is 630 Å². The largest absolute Gasteiger partial charge is 0.375 e. The zero-order valence-corrected chi connectivity index (χ0v) is 105. The average Bonchev–Trinajstić information content (AvgIpc) is 1.55. The number of fused-ring (bicyclic) bond motifs is 26. The summed E-state index contributed by atoms with van der Waals surface area (Å²) in [5, 5.41) is 0. The highest BCUT2D eigenvalue weighted by Crippen LogP contribution is 2.60. The molecule has 0 N–H and O–H groups in total. The summed E-state index contributed by atoms with van der Waals surface area (Å²) >= 11 is 0. The van der Waals surface area contributed by atoms with Crippen LogP contribution < -0.4 is 0 Å². The Morgan fingerprint density at radius 2 is 0.637 bits per heavy atom. The van der Waals surface area contributed by atoms with Crippen molar-refractivity contribution in [1.29, 1.82) is 0 Å². The fourth-order valence-electron chi connectivity index (χ4n) is 38.5. The summed E-state index contributed by atoms with van der Waals surface area (Å²) in [7, 11) is 9.22. The molecule has 27 rings (SSSR count). The van der Waals surface area contributed by atoms with Crippen LogP contribution in [0.3, 0.4) is 0 Å². The lowest BCUT2D eigenvalue weighted by molar-refractivity contribution is -0.0238. The molecule has 24 bridgehead atoms. The van der Waals surface area contributed by atoms with Gasteiger partial charge >= 0.3 is 0 Å². The Kier molecular flexibility index (Phi) is 43.3. The maximum absolute atomic E-state index is 5.81. The highest BCUT2D eigenvalue weighted by molar-refractivity contribution is 5.07. The van der Waals surface area contributed by atoms with Crippen LogP contribution in [0.25, 0.3) is 0 Å². The van der Waals surface area contributed by atoms with E-state index in [0.717, 1.165) is 184 Å². The molecule has 27 aliphatic rings. The van der Waals surface area contributed by atoms with Crippen molar-refractivity contribution in [1.82, 2.24) is 34.3 Å². The van der Waals surface area contributed by atoms with Crippen molar-refractivity contribution in [3.8, 4) is 0 Å². The van der Waals surface area contributed by atoms with Gasteiger partial charge in [-0.25, -0.2) is 0 Å². The highest BCUT2D eigenvalue weighted by atomic mass is 16.5. The number of nitrogens with zero attached hydrogens (tertiary/aromatic N) is 7. The van der Waals surface area contributed by atoms with Gasteiger partial charge in [0.05, 0.1) is 12.2 Å². The first-order valence-corrected chi connectivity index (χ1v) is 64.3. The number of hydrogen-bond acceptors (Lipinski definition) is 8. The molecule has 15 aliphatic heterocycles. The summed E-state index contributed by atoms with van der Waals surface area (Å²) in [5.74, 6) is 23.8. The van der Waals surface area contributed by atoms with Crippen molar-refractivity contribution < 1.29 is 4.74 Å². The van der Waals surface area contributed by atoms with E-state index < -0.39 is 0 Å². The first-order chi connectivity index (χ1) is 66.5. The molecule has 12 saturated carbocycles. The van der Waals surface area contributed by atoms with E-state index in [1.807, 2.05) is 0 Å². The minimum Gasteiger partial charge on any atom is -0.375 e. The Balaban J connectivity index is 0.000000151. The molecule has 0 aromatic carbocycles. The van der Waals surface area contributed by atoms with Gasteiger partial charge in [0, 0.05) is 104 Å². The van der Waals surface area contributed by atoms with Gasteiger partial charge < -0.3 is 24.3 Å². The van der Waals surface area contributed by atoms with Crippen LogP contribution in [0.2, 0.25) is 0 Å². The normalized spacial score (nSPS) is 40.2. The number of ether oxygens (including phenoxy) is 1. The predicted octanol–water partition coefficient (Wildman–Crippen LogP) is 37.3. The van der Waals surface area contributed by atoms with Crippen LogP contribution in [-0.4, -0.2) is 179 Å². The number of likely N-dealkylation sites (tertiary alicyclic amines) is 1. The van der Waals surface area contributed by atoms with E-state index >= 15 is 0 Å². The van der Waals surface area contributed by atoms with E-state index in [4.69, 9.17) is 4.74 Å². The van der Waals surface area contributed by atoms with E-state index in [1.54, 1.807) is 38.5 Å². The van der Waals surface area contributed by atoms with Crippen LogP contribution in [0.15, 0.2) is 0 Å². The molecule has 0 spiro atoms. The second-order valence-electron chi connectivity index (χ2n) is 69.2. The van der Waals surface area contributed by atoms with E-state index in [-0.39, 0.29) is 14.9 Å². The van der Waals surface area contributed by atoms with Gasteiger partial charge in [-0.3, -0.25) is 14.7 Å². The quantitative estimate of drug-likeness (QED) is 0.257. The summed E-state index contributed by atoms with van der Waals surface area (Å²) in [6, 6.07) is 7.27. The Morgan fingerprint density at radius 3 is 0.959 bits per heavy atom. The third-order valence-corrected chi connectivity index (χ3v) is 45.9. The molecule has 25 unspecified atom stereocenters. The second-order valence-corrected chi connectivity index (χ2v) is 69.2. The van der Waals surface area contributed by atoms with Gasteiger partial charge in [0.25, 0.3) is 0 Å². The molecule has 0 amide bonds. The molecule has 8 nitrogen and oxygen atoms in total. The SMILES string of the molecule is C.C.CC(C)(C)C1C2CCCC1CC2.CC(C)(C)C1CC2CCC(C2)C1.CC(C)(C)C1CC2CCC1C2.CC(C)(C)C1CC2CCC1O2.CC(C)(C)CC1CC2CCC1C2.CC(C)(C)N1C2CCCC1CC2.CC(C)(C)N1CC2CC(C2)C1.CC(C)(C)N1CC2CCC1CC2.CN1C2CCC1C(C(C)(C)C)C2.CN1C2CCC1CC(C(C)(C)C)C2.CN1CC2CCC(C1)C2C(C)(C)C.CN1CC2CCC1CC2C(C)(C)C. The molecular weight excluding hydrogens is 1770 g/mol. The molecule has 856 valence electrons. The molecule has 0 aromatic rings. The van der Waals surface area contributed by atoms with Crippen LogP contribution in [0.4, 0.5) is 0 Å². The fourth-order valence-corrected chi connectivity index (χ4v) is 38.5. The molecule has 146 heavy (non-hydrogen) atoms. The Hall–Kier alpha value is -0.320. The first-order valence-electron chi connectivity index (χ1n) is 64.3. The molecule has 0 aromatic heterocycles. The van der Waals surface area contributed by atoms with Crippen molar-refractivity contribution in [2.24, 2.45) is 185 Å². The van der Waals surface area contributed by atoms with Gasteiger partial charge in [-0.15, -0.1) is 0 Å². The van der Waals surface area contributed by atoms with Crippen LogP contribution in [0.5, 0.6) is 0 Å². The summed E-state index contributed by atoms with van der Waals surface area (Å²) < 4.78 is 5.81. The summed E-state index contributed by atoms with van der Waals surface area (Å²) in [5.41, 5.74) is 6.10. The van der Waals surface area contributed by atoms with Gasteiger partial charge in [-0.05, 0) is 513 Å². The number of hydrogen-bond donors (Lipinski definition) is 0. The molecule has 12 aliphatic carbocycles. The first kappa shape index (κ1) is 126. The molecule has 27 fully saturated rings. The lowest BCUT2D eigenvalue weighted by Crippen LogP contribution is -2.56. The zero-order chi connectivity index (χ0) is 106. The molecule has 0 radical (unpaired) electrons. The van der Waals surface area contributed by atoms with Crippen LogP contribution in [0, 0.1) is 185 Å². The lowest BCUT2D eigenvalue weighted by atomic mass is 9.62. The standard InChI is InChI=1S/3C12H23N.3C12H22.3C11H21N.C11H20.C10H19N.C10H18O.2CH4/c1-12(2,3)9-7-10-5-6-11(8-9)13(10)4;1-12(2,3)11-7-10-6-5-9(11)8-13(10)4;1-12(2,3)11-9-5-6-10(11)8-13(4)7-9;1-12(2,3)8-11-7-9-4-5-10(11)6-9;1-12(2,3)11-7-9-4-5-10(6-9)8-11;1-12(2,3)11-9-5-4-6-10(11)8-7-9;1-11(2,3)9-7-8-5-6-10(9)12(8)4;1-11(2,3)12-8-9-4-6-10(12)7-5-9;1-11(2,3)12-9-5-4-6-10(12)8-7-9;1-11(2,3)10-7-8-4-5-9(10)6-8;1-10(2,3)11-6-8-4-9(5-8)7-11;1-10(2,3)8-6-7-4-5-9(8)11-7;;/h3*9-11H,5-8H2,1-4H3;3*9-11H,4-8H2,1-3H3;8-10H,5-7H2,1-4H3;2*9-10H,4-8H2,1-3H3;8-10H,4-7H2,1-3H3;8-9H,4-7H2,1-3H3;7-9H,4-6H2,1-3H3;2*1H4. The van der Waals surface area contributed by atoms with Crippen LogP contribution in [0.1, 0.15) is 553 Å². The van der Waals surface area contributed by atoms with Crippen molar-refractivity contribution >= 4 is 0 Å². The monoisotopic (exact) mass is 2040 g/mol. The Bertz CT molecular complexity index is 3600. The summed E-state index contributed by atoms with van der Waals surface area (Å²) in [6.07, 6.45) is 68.1. The summed E-state index contributed by atoms with van der Waals surface area (Å²) in [6.45, 7) is 94.2. The fraction of sp³-hybridized carbons (Fsp3) is 1.00. The van der Waals surface area contributed by atoms with E-state index in [2.05, 4.69) is 312 Å². The Labute approximate surface area is 915 Å². The molecule has 25 atom stereocenters. The third-order valence-electron chi connectivity index (χ3n) is 45.9. The maximum atomic E-state index is 5.81. The molecule has 15 heterocycles. The van der Waals surface area contributed by atoms with E-state index in [1.165, 1.54) is 290 Å². The predicted molar refractivity (Wildman–Crippen MR) is 641 cm³/mol. The van der Waals surface area contributed by atoms with Crippen LogP contribution in [-0.2, 0) is 4.74 Å². The van der Waals surface area contributed by atoms with Gasteiger partial charge in [0.15, 0.2) is 0 Å². The van der Waals surface area contributed by atoms with Gasteiger partial charge in [-0.2, -0.15) is 0 Å². The van der Waals surface area contributed by atoms with E-state index in [9.17, 15) is 0 Å². The zero-order valence-electron chi connectivity index (χ0n) is 105. The minimum absolute atomic E-state index is 0. The average molecular weight is 2040 g/mol. The topological polar surface area (TPSA) is 31.9 Å². The lowest BCUT2D eigenvalue weighted by Gasteiger charge is -2.52. The van der Waals surface area contributed by atoms with Gasteiger partial charge in [0.2, 0.25) is 0 Å². The number of rotatable bonds is 1. The van der Waals surface area contributed by atoms with Crippen molar-refractivity contribution in [3.05, 3.63) is 0 Å². The van der Waals surface area contributed by atoms with Crippen molar-refractivity contribution in [3.63, 3.8) is 0 Å². The van der Waals surface area contributed by atoms with Gasteiger partial charge in [0.1, 0.15) is 0 Å². The smallest absolute Gasteiger partial charge is 0.0613 e. The van der Waals surface area contributed by atoms with Crippen molar-refractivity contribution in [2.75, 3.05) is 67.5 Å². The molecular formula is C138H263N7O. The summed E-state index contributed by atoms with van der Waals surface area (Å²) in [4.78, 5) is 18.5. The minimum atomic E-state index is 0. The Morgan fingerprint density at radius 1 is 0.240 bits per heavy atom. The third kappa shape index (κ3) is 33.7. The molecule has 8 heteroatoms. The van der Waals surface area contributed by atoms with Gasteiger partial charge in [-0.1, -0.05) is 253 Å². The van der Waals surface area contributed by atoms with Crippen LogP contribution >= 0.6 is 0 Å².